The molecule has 1 fully saturated rings. The molecule has 8 nitrogen and oxygen atoms in total. The van der Waals surface area contributed by atoms with Crippen LogP contribution in [-0.2, 0) is 26.0 Å². The average Bonchev–Trinajstić information content (AvgIpc) is 3.24. The third-order valence-electron chi connectivity index (χ3n) is 9.29. The van der Waals surface area contributed by atoms with Crippen molar-refractivity contribution < 1.29 is 36.7 Å². The van der Waals surface area contributed by atoms with E-state index < -0.39 is 16.2 Å². The first-order valence-corrected chi connectivity index (χ1v) is 21.9. The molecule has 0 bridgehead atoms. The first-order valence-electron chi connectivity index (χ1n) is 19.6. The van der Waals surface area contributed by atoms with Crippen LogP contribution in [-0.4, -0.2) is 46.2 Å². The monoisotopic (exact) mass is 806 g/mol. The van der Waals surface area contributed by atoms with Gasteiger partial charge in [-0.05, 0) is 116 Å². The molecule has 2 atom stereocenters. The minimum Gasteiger partial charge on any atom is -0.494 e. The van der Waals surface area contributed by atoms with Gasteiger partial charge < -0.3 is 28.2 Å². The number of para-hydroxylation sites is 1. The molecular formula is C47H50O8S2. The van der Waals surface area contributed by atoms with E-state index in [-0.39, 0.29) is 23.5 Å². The molecule has 1 heterocycles. The summed E-state index contributed by atoms with van der Waals surface area (Å²) in [6.07, 6.45) is 6.71. The number of hydrogen-bond acceptors (Lipinski definition) is 9. The summed E-state index contributed by atoms with van der Waals surface area (Å²) >= 11 is 1.32. The fraction of sp³-hybridized carbons (Fsp3) is 0.319. The zero-order valence-corrected chi connectivity index (χ0v) is 33.9. The number of benzene rings is 5. The maximum absolute atomic E-state index is 13.9. The molecule has 2 unspecified atom stereocenters. The molecule has 0 aromatic heterocycles. The highest BCUT2D eigenvalue weighted by atomic mass is 32.2. The fourth-order valence-corrected chi connectivity index (χ4v) is 8.52. The van der Waals surface area contributed by atoms with Gasteiger partial charge >= 0.3 is 10.1 Å². The molecule has 0 saturated carbocycles. The highest BCUT2D eigenvalue weighted by Gasteiger charge is 2.24. The summed E-state index contributed by atoms with van der Waals surface area (Å²) < 4.78 is 56.5. The van der Waals surface area contributed by atoms with Crippen LogP contribution >= 0.6 is 11.8 Å². The maximum Gasteiger partial charge on any atom is 0.340 e. The number of rotatable bonds is 19. The Morgan fingerprint density at radius 2 is 1.60 bits per heavy atom. The molecule has 0 radical (unpaired) electrons. The number of aryl methyl sites for hydroxylation is 1. The lowest BCUT2D eigenvalue weighted by molar-refractivity contribution is -0.105. The van der Waals surface area contributed by atoms with Gasteiger partial charge in [0.05, 0.1) is 13.2 Å². The van der Waals surface area contributed by atoms with Gasteiger partial charge in [-0.15, -0.1) is 0 Å². The summed E-state index contributed by atoms with van der Waals surface area (Å²) in [5, 5.41) is 11.2. The van der Waals surface area contributed by atoms with Gasteiger partial charge in [0.15, 0.2) is 6.29 Å². The van der Waals surface area contributed by atoms with Crippen LogP contribution in [0.25, 0.3) is 11.1 Å². The van der Waals surface area contributed by atoms with E-state index >= 15 is 0 Å². The van der Waals surface area contributed by atoms with Crippen molar-refractivity contribution in [2.24, 2.45) is 0 Å². The molecule has 0 amide bonds. The molecule has 5 aromatic rings. The summed E-state index contributed by atoms with van der Waals surface area (Å²) in [6, 6.07) is 36.7. The van der Waals surface area contributed by atoms with Crippen molar-refractivity contribution in [3.8, 4) is 40.2 Å². The molecule has 0 spiro atoms. The van der Waals surface area contributed by atoms with E-state index in [2.05, 4.69) is 30.9 Å². The van der Waals surface area contributed by atoms with E-state index in [9.17, 15) is 13.5 Å². The first kappa shape index (κ1) is 41.9. The highest BCUT2D eigenvalue weighted by Crippen LogP contribution is 2.38. The van der Waals surface area contributed by atoms with Gasteiger partial charge in [0.1, 0.15) is 34.9 Å². The highest BCUT2D eigenvalue weighted by molar-refractivity contribution is 8.00. The van der Waals surface area contributed by atoms with Crippen molar-refractivity contribution in [2.75, 3.05) is 26.4 Å². The van der Waals surface area contributed by atoms with Crippen LogP contribution < -0.4 is 13.7 Å². The second kappa shape index (κ2) is 21.7. The topological polar surface area (TPSA) is 101 Å². The Bertz CT molecular complexity index is 2160. The van der Waals surface area contributed by atoms with Crippen molar-refractivity contribution in [1.82, 2.24) is 0 Å². The van der Waals surface area contributed by atoms with E-state index in [0.717, 1.165) is 74.4 Å². The van der Waals surface area contributed by atoms with Gasteiger partial charge in [-0.1, -0.05) is 97.6 Å². The Morgan fingerprint density at radius 1 is 0.825 bits per heavy atom. The lowest BCUT2D eigenvalue weighted by Crippen LogP contribution is -2.24. The fourth-order valence-electron chi connectivity index (χ4n) is 6.23. The maximum atomic E-state index is 13.9. The largest absolute Gasteiger partial charge is 0.494 e. The zero-order valence-electron chi connectivity index (χ0n) is 32.3. The van der Waals surface area contributed by atoms with Crippen LogP contribution in [0.2, 0.25) is 0 Å². The molecule has 57 heavy (non-hydrogen) atoms. The van der Waals surface area contributed by atoms with E-state index in [1.807, 2.05) is 60.7 Å². The van der Waals surface area contributed by atoms with E-state index in [0.29, 0.717) is 34.8 Å². The van der Waals surface area contributed by atoms with Crippen LogP contribution in [0.4, 0.5) is 0 Å². The number of ether oxygens (including phenoxy) is 4. The standard InChI is InChI=1S/C47H50O8S2/c1-2-3-33-52-38-26-28-41(29-27-38)56-45-30-23-37(35-46(45)57(49,50)55-40-15-5-4-6-16-40)42-17-7-8-18-43(42)44(48)19-13-32-51-31-11-9-14-36-21-24-39(25-22-36)54-47-20-10-12-34-53-47/h4-8,15-18,21-30,35,44,47-48H,2-3,9-12,14,20,31-34H2,1H3. The van der Waals surface area contributed by atoms with Crippen molar-refractivity contribution >= 4 is 21.9 Å². The van der Waals surface area contributed by atoms with Gasteiger partial charge in [-0.3, -0.25) is 0 Å². The molecule has 298 valence electrons. The molecule has 10 heteroatoms. The van der Waals surface area contributed by atoms with Crippen molar-refractivity contribution in [2.45, 2.75) is 85.4 Å². The lowest BCUT2D eigenvalue weighted by Gasteiger charge is -2.23. The predicted octanol–water partition coefficient (Wildman–Crippen LogP) is 10.4. The van der Waals surface area contributed by atoms with Gasteiger partial charge in [0.25, 0.3) is 0 Å². The summed E-state index contributed by atoms with van der Waals surface area (Å²) in [6.45, 7) is 4.26. The number of hydrogen-bond donors (Lipinski definition) is 1. The molecule has 5 aromatic carbocycles. The van der Waals surface area contributed by atoms with Crippen LogP contribution in [0.3, 0.4) is 0 Å². The van der Waals surface area contributed by atoms with E-state index in [1.165, 1.54) is 17.3 Å². The smallest absolute Gasteiger partial charge is 0.340 e. The van der Waals surface area contributed by atoms with Gasteiger partial charge in [-0.25, -0.2) is 0 Å². The van der Waals surface area contributed by atoms with Crippen molar-refractivity contribution in [3.05, 3.63) is 132 Å². The SMILES string of the molecule is CCCCOc1ccc(Sc2ccc(-c3ccccc3C(O)C#CCOCCCCc3ccc(OC4CCCCO4)cc3)cc2S(=O)(=O)Oc2ccccc2)cc1. The molecule has 0 aliphatic carbocycles. The van der Waals surface area contributed by atoms with Crippen LogP contribution in [0.15, 0.2) is 136 Å². The van der Waals surface area contributed by atoms with E-state index in [1.54, 1.807) is 48.5 Å². The molecular weight excluding hydrogens is 757 g/mol. The molecule has 6 rings (SSSR count). The zero-order chi connectivity index (χ0) is 39.7. The van der Waals surface area contributed by atoms with Crippen molar-refractivity contribution in [1.29, 1.82) is 0 Å². The summed E-state index contributed by atoms with van der Waals surface area (Å²) in [4.78, 5) is 1.35. The van der Waals surface area contributed by atoms with Crippen LogP contribution in [0.5, 0.6) is 17.2 Å². The van der Waals surface area contributed by atoms with E-state index in [4.69, 9.17) is 23.1 Å². The molecule has 1 N–H and O–H groups in total. The lowest BCUT2D eigenvalue weighted by atomic mass is 9.96. The second-order valence-corrected chi connectivity index (χ2v) is 16.3. The third-order valence-corrected chi connectivity index (χ3v) is 11.8. The molecule has 1 aliphatic heterocycles. The average molecular weight is 807 g/mol. The molecule has 1 saturated heterocycles. The van der Waals surface area contributed by atoms with Gasteiger partial charge in [0, 0.05) is 28.4 Å². The summed E-state index contributed by atoms with van der Waals surface area (Å²) in [7, 11) is -4.26. The van der Waals surface area contributed by atoms with Crippen molar-refractivity contribution in [3.63, 3.8) is 0 Å². The number of aliphatic hydroxyl groups excluding tert-OH is 1. The molecule has 1 aliphatic rings. The Labute approximate surface area is 341 Å². The predicted molar refractivity (Wildman–Crippen MR) is 224 cm³/mol. The Kier molecular flexibility index (Phi) is 15.9. The number of unbranched alkanes of at least 4 members (excludes halogenated alkanes) is 2. The Hall–Kier alpha value is -4.76. The quantitative estimate of drug-likeness (QED) is 0.0497. The third kappa shape index (κ3) is 12.9. The van der Waals surface area contributed by atoms with Gasteiger partial charge in [-0.2, -0.15) is 8.42 Å². The summed E-state index contributed by atoms with van der Waals surface area (Å²) in [5.74, 6) is 7.67. The minimum absolute atomic E-state index is 0.0108. The summed E-state index contributed by atoms with van der Waals surface area (Å²) in [5.41, 5.74) is 3.05. The minimum atomic E-state index is -4.26. The first-order chi connectivity index (χ1) is 27.9. The van der Waals surface area contributed by atoms with Gasteiger partial charge in [0.2, 0.25) is 0 Å². The van der Waals surface area contributed by atoms with Crippen LogP contribution in [0.1, 0.15) is 69.1 Å². The van der Waals surface area contributed by atoms with Crippen LogP contribution in [0, 0.1) is 11.8 Å². The second-order valence-electron chi connectivity index (χ2n) is 13.7. The number of aliphatic hydroxyl groups is 1. The normalized spacial score (nSPS) is 14.6. The Morgan fingerprint density at radius 3 is 2.37 bits per heavy atom. The Balaban J connectivity index is 1.07.